The van der Waals surface area contributed by atoms with Crippen LogP contribution in [0.5, 0.6) is 11.5 Å². The first kappa shape index (κ1) is 14.5. The number of nitrogens with one attached hydrogen (secondary N) is 1. The third-order valence-corrected chi connectivity index (χ3v) is 4.07. The molecule has 2 aromatic rings. The number of ether oxygens (including phenoxy) is 2. The Balaban J connectivity index is 2.41. The molecule has 0 saturated carbocycles. The van der Waals surface area contributed by atoms with Crippen molar-refractivity contribution >= 4 is 33.0 Å². The maximum atomic E-state index is 6.04. The minimum atomic E-state index is 0.594. The van der Waals surface area contributed by atoms with Crippen LogP contribution in [0, 0.1) is 6.92 Å². The van der Waals surface area contributed by atoms with Crippen LogP contribution in [0.4, 0.5) is 17.1 Å². The Morgan fingerprint density at radius 2 is 1.70 bits per heavy atom. The van der Waals surface area contributed by atoms with Crippen molar-refractivity contribution in [3.05, 3.63) is 40.4 Å². The second kappa shape index (κ2) is 6.05. The van der Waals surface area contributed by atoms with E-state index in [9.17, 15) is 0 Å². The Labute approximate surface area is 127 Å². The summed E-state index contributed by atoms with van der Waals surface area (Å²) in [5.74, 6) is 1.24. The van der Waals surface area contributed by atoms with Gasteiger partial charge >= 0.3 is 0 Å². The molecule has 0 aliphatic heterocycles. The molecule has 0 spiro atoms. The quantitative estimate of drug-likeness (QED) is 0.825. The molecule has 2 rings (SSSR count). The number of nitrogens with two attached hydrogens (primary N) is 1. The summed E-state index contributed by atoms with van der Waals surface area (Å²) < 4.78 is 11.5. The lowest BCUT2D eigenvalue weighted by atomic mass is 10.2. The van der Waals surface area contributed by atoms with Crippen LogP contribution in [0.25, 0.3) is 0 Å². The van der Waals surface area contributed by atoms with E-state index in [4.69, 9.17) is 15.2 Å². The molecule has 106 valence electrons. The van der Waals surface area contributed by atoms with Crippen molar-refractivity contribution in [2.45, 2.75) is 6.92 Å². The topological polar surface area (TPSA) is 56.5 Å². The van der Waals surface area contributed by atoms with E-state index in [1.54, 1.807) is 20.3 Å². The van der Waals surface area contributed by atoms with Gasteiger partial charge in [0.05, 0.1) is 31.3 Å². The average Bonchev–Trinajstić information content (AvgIpc) is 2.45. The normalized spacial score (nSPS) is 10.2. The van der Waals surface area contributed by atoms with Gasteiger partial charge in [-0.3, -0.25) is 0 Å². The molecule has 0 radical (unpaired) electrons. The highest BCUT2D eigenvalue weighted by molar-refractivity contribution is 9.10. The fourth-order valence-corrected chi connectivity index (χ4v) is 2.26. The summed E-state index contributed by atoms with van der Waals surface area (Å²) in [5.41, 5.74) is 9.50. The van der Waals surface area contributed by atoms with Crippen LogP contribution in [0.1, 0.15) is 5.56 Å². The van der Waals surface area contributed by atoms with E-state index in [2.05, 4.69) is 21.2 Å². The molecule has 0 fully saturated rings. The smallest absolute Gasteiger partial charge is 0.162 e. The fraction of sp³-hybridized carbons (Fsp3) is 0.200. The van der Waals surface area contributed by atoms with Crippen LogP contribution < -0.4 is 20.5 Å². The van der Waals surface area contributed by atoms with Crippen molar-refractivity contribution in [2.75, 3.05) is 25.3 Å². The Kier molecular flexibility index (Phi) is 4.39. The summed E-state index contributed by atoms with van der Waals surface area (Å²) in [5, 5.41) is 3.30. The highest BCUT2D eigenvalue weighted by Crippen LogP contribution is 2.37. The largest absolute Gasteiger partial charge is 0.493 e. The van der Waals surface area contributed by atoms with Gasteiger partial charge in [0, 0.05) is 16.6 Å². The molecule has 0 saturated heterocycles. The predicted octanol–water partition coefficient (Wildman–Crippen LogP) is 4.10. The number of hydrogen-bond acceptors (Lipinski definition) is 4. The number of rotatable bonds is 4. The summed E-state index contributed by atoms with van der Waals surface area (Å²) in [6, 6.07) is 9.56. The maximum absolute atomic E-state index is 6.04. The highest BCUT2D eigenvalue weighted by atomic mass is 79.9. The van der Waals surface area contributed by atoms with E-state index in [1.165, 1.54) is 0 Å². The lowest BCUT2D eigenvalue weighted by molar-refractivity contribution is 0.355. The lowest BCUT2D eigenvalue weighted by Gasteiger charge is -2.15. The molecule has 3 N–H and O–H groups in total. The van der Waals surface area contributed by atoms with Gasteiger partial charge in [0.25, 0.3) is 0 Å². The Hall–Kier alpha value is -1.88. The van der Waals surface area contributed by atoms with Crippen LogP contribution in [-0.2, 0) is 0 Å². The van der Waals surface area contributed by atoms with E-state index >= 15 is 0 Å². The molecule has 0 atom stereocenters. The summed E-state index contributed by atoms with van der Waals surface area (Å²) in [6.07, 6.45) is 0. The molecule has 0 aromatic heterocycles. The van der Waals surface area contributed by atoms with Gasteiger partial charge in [0.15, 0.2) is 11.5 Å². The maximum Gasteiger partial charge on any atom is 0.162 e. The molecule has 0 bridgehead atoms. The zero-order chi connectivity index (χ0) is 14.7. The molecule has 0 heterocycles. The minimum absolute atomic E-state index is 0.594. The van der Waals surface area contributed by atoms with Gasteiger partial charge in [-0.1, -0.05) is 12.1 Å². The van der Waals surface area contributed by atoms with Gasteiger partial charge in [-0.2, -0.15) is 0 Å². The van der Waals surface area contributed by atoms with Crippen LogP contribution in [0.15, 0.2) is 34.8 Å². The third kappa shape index (κ3) is 2.82. The highest BCUT2D eigenvalue weighted by Gasteiger charge is 2.11. The van der Waals surface area contributed by atoms with E-state index in [0.717, 1.165) is 21.4 Å². The van der Waals surface area contributed by atoms with E-state index < -0.39 is 0 Å². The van der Waals surface area contributed by atoms with Gasteiger partial charge in [-0.25, -0.2) is 0 Å². The summed E-state index contributed by atoms with van der Waals surface area (Å²) in [7, 11) is 3.18. The van der Waals surface area contributed by atoms with Crippen molar-refractivity contribution in [2.24, 2.45) is 0 Å². The van der Waals surface area contributed by atoms with Crippen LogP contribution >= 0.6 is 15.9 Å². The zero-order valence-electron chi connectivity index (χ0n) is 11.7. The van der Waals surface area contributed by atoms with Crippen molar-refractivity contribution in [1.82, 2.24) is 0 Å². The van der Waals surface area contributed by atoms with E-state index in [1.807, 2.05) is 31.2 Å². The SMILES string of the molecule is COc1cc(N)c(Nc2cccc(C)c2Br)cc1OC. The molecular formula is C15H17BrN2O2. The van der Waals surface area contributed by atoms with E-state index in [-0.39, 0.29) is 0 Å². The van der Waals surface area contributed by atoms with Gasteiger partial charge in [-0.05, 0) is 34.5 Å². The standard InChI is InChI=1S/C15H17BrN2O2/c1-9-5-4-6-11(15(9)16)18-12-8-14(20-3)13(19-2)7-10(12)17/h4-8,18H,17H2,1-3H3. The van der Waals surface area contributed by atoms with Gasteiger partial charge in [0.1, 0.15) is 0 Å². The first-order chi connectivity index (χ1) is 9.56. The number of methoxy groups -OCH3 is 2. The first-order valence-corrected chi connectivity index (χ1v) is 6.89. The number of aryl methyl sites for hydroxylation is 1. The molecular weight excluding hydrogens is 320 g/mol. The van der Waals surface area contributed by atoms with Crippen LogP contribution in [0.2, 0.25) is 0 Å². The zero-order valence-corrected chi connectivity index (χ0v) is 13.2. The minimum Gasteiger partial charge on any atom is -0.493 e. The molecule has 0 unspecified atom stereocenters. The Bertz CT molecular complexity index is 630. The fourth-order valence-electron chi connectivity index (χ4n) is 1.89. The van der Waals surface area contributed by atoms with Crippen molar-refractivity contribution in [1.29, 1.82) is 0 Å². The second-order valence-electron chi connectivity index (χ2n) is 4.36. The predicted molar refractivity (Wildman–Crippen MR) is 86.1 cm³/mol. The molecule has 0 aliphatic carbocycles. The van der Waals surface area contributed by atoms with E-state index in [0.29, 0.717) is 17.2 Å². The number of nitrogen functional groups attached to an aromatic ring is 1. The molecule has 2 aromatic carbocycles. The number of benzene rings is 2. The van der Waals surface area contributed by atoms with Gasteiger partial charge < -0.3 is 20.5 Å². The summed E-state index contributed by atoms with van der Waals surface area (Å²) >= 11 is 3.57. The van der Waals surface area contributed by atoms with Gasteiger partial charge in [-0.15, -0.1) is 0 Å². The number of halogens is 1. The molecule has 0 aliphatic rings. The van der Waals surface area contributed by atoms with Crippen molar-refractivity contribution in [3.8, 4) is 11.5 Å². The molecule has 0 amide bonds. The second-order valence-corrected chi connectivity index (χ2v) is 5.15. The lowest BCUT2D eigenvalue weighted by Crippen LogP contribution is -2.00. The van der Waals surface area contributed by atoms with Crippen LogP contribution in [0.3, 0.4) is 0 Å². The Morgan fingerprint density at radius 1 is 1.05 bits per heavy atom. The molecule has 4 nitrogen and oxygen atoms in total. The molecule has 5 heteroatoms. The average molecular weight is 337 g/mol. The number of anilines is 3. The first-order valence-electron chi connectivity index (χ1n) is 6.10. The third-order valence-electron chi connectivity index (χ3n) is 3.02. The summed E-state index contributed by atoms with van der Waals surface area (Å²) in [4.78, 5) is 0. The molecule has 20 heavy (non-hydrogen) atoms. The number of hydrogen-bond donors (Lipinski definition) is 2. The Morgan fingerprint density at radius 3 is 2.35 bits per heavy atom. The monoisotopic (exact) mass is 336 g/mol. The van der Waals surface area contributed by atoms with Gasteiger partial charge in [0.2, 0.25) is 0 Å². The van der Waals surface area contributed by atoms with Crippen molar-refractivity contribution in [3.63, 3.8) is 0 Å². The summed E-state index contributed by atoms with van der Waals surface area (Å²) in [6.45, 7) is 2.03. The van der Waals surface area contributed by atoms with Crippen LogP contribution in [-0.4, -0.2) is 14.2 Å². The van der Waals surface area contributed by atoms with Crippen molar-refractivity contribution < 1.29 is 9.47 Å².